The Morgan fingerprint density at radius 3 is 2.26 bits per heavy atom. The van der Waals surface area contributed by atoms with Gasteiger partial charge in [0.1, 0.15) is 5.75 Å². The molecular weight excluding hydrogens is 482 g/mol. The molecule has 1 unspecified atom stereocenters. The molecule has 1 atom stereocenters. The maximum absolute atomic E-state index is 12.5. The average Bonchev–Trinajstić information content (AvgIpc) is 2.85. The summed E-state index contributed by atoms with van der Waals surface area (Å²) in [6.45, 7) is 4.25. The van der Waals surface area contributed by atoms with E-state index in [-0.39, 0.29) is 22.0 Å². The Bertz CT molecular complexity index is 1230. The van der Waals surface area contributed by atoms with E-state index >= 15 is 0 Å². The van der Waals surface area contributed by atoms with Crippen molar-refractivity contribution in [2.24, 2.45) is 0 Å². The van der Waals surface area contributed by atoms with E-state index < -0.39 is 10.0 Å². The molecule has 0 bridgehead atoms. The highest BCUT2D eigenvalue weighted by molar-refractivity contribution is 7.89. The summed E-state index contributed by atoms with van der Waals surface area (Å²) in [5, 5.41) is 5.61. The molecule has 35 heavy (non-hydrogen) atoms. The Hall–Kier alpha value is -3.27. The van der Waals surface area contributed by atoms with Crippen LogP contribution in [0.3, 0.4) is 0 Å². The van der Waals surface area contributed by atoms with Gasteiger partial charge in [-0.2, -0.15) is 0 Å². The predicted molar refractivity (Wildman–Crippen MR) is 142 cm³/mol. The lowest BCUT2D eigenvalue weighted by molar-refractivity contribution is 0.0977. The molecule has 1 amide bonds. The van der Waals surface area contributed by atoms with Crippen LogP contribution in [-0.2, 0) is 16.4 Å². The summed E-state index contributed by atoms with van der Waals surface area (Å²) in [5.41, 5.74) is 2.19. The number of nitrogens with one attached hydrogen (secondary N) is 3. The van der Waals surface area contributed by atoms with E-state index in [1.807, 2.05) is 25.1 Å². The molecule has 0 aliphatic heterocycles. The van der Waals surface area contributed by atoms with Crippen molar-refractivity contribution in [3.63, 3.8) is 0 Å². The van der Waals surface area contributed by atoms with Gasteiger partial charge >= 0.3 is 0 Å². The number of amides is 1. The molecule has 0 aliphatic rings. The van der Waals surface area contributed by atoms with Crippen LogP contribution in [0.4, 0.5) is 5.69 Å². The first kappa shape index (κ1) is 26.3. The van der Waals surface area contributed by atoms with Crippen LogP contribution in [0.5, 0.6) is 5.75 Å². The third kappa shape index (κ3) is 8.17. The van der Waals surface area contributed by atoms with Crippen molar-refractivity contribution in [1.82, 2.24) is 10.0 Å². The minimum absolute atomic E-state index is 0.103. The van der Waals surface area contributed by atoms with Gasteiger partial charge in [-0.05, 0) is 79.7 Å². The van der Waals surface area contributed by atoms with Crippen LogP contribution in [0.2, 0.25) is 0 Å². The largest absolute Gasteiger partial charge is 0.493 e. The normalized spacial score (nSPS) is 11.9. The number of ether oxygens (including phenoxy) is 1. The molecule has 0 saturated carbocycles. The molecule has 7 nitrogen and oxygen atoms in total. The first-order chi connectivity index (χ1) is 16.8. The van der Waals surface area contributed by atoms with Crippen molar-refractivity contribution in [3.05, 3.63) is 90.0 Å². The number of benzene rings is 3. The highest BCUT2D eigenvalue weighted by Crippen LogP contribution is 2.16. The number of thiocarbonyl (C=S) groups is 1. The van der Waals surface area contributed by atoms with Crippen molar-refractivity contribution < 1.29 is 17.9 Å². The molecule has 0 fully saturated rings. The Labute approximate surface area is 212 Å². The molecule has 0 heterocycles. The SMILES string of the molecule is CCC(C)NS(=O)(=O)c1ccc(NC(=S)NC(=O)c2ccc(OCCc3ccccc3)cc2)cc1. The molecule has 0 aromatic heterocycles. The van der Waals surface area contributed by atoms with E-state index in [2.05, 4.69) is 27.5 Å². The standard InChI is InChI=1S/C26H29N3O4S2/c1-3-19(2)29-35(31,32)24-15-11-22(12-16-24)27-26(34)28-25(30)21-9-13-23(14-10-21)33-18-17-20-7-5-4-6-8-20/h4-16,19,29H,3,17-18H2,1-2H3,(H2,27,28,30,34). The van der Waals surface area contributed by atoms with Crippen molar-refractivity contribution in [2.75, 3.05) is 11.9 Å². The predicted octanol–water partition coefficient (Wildman–Crippen LogP) is 4.51. The second-order valence-electron chi connectivity index (χ2n) is 7.97. The number of sulfonamides is 1. The molecule has 184 valence electrons. The van der Waals surface area contributed by atoms with Crippen LogP contribution in [0.1, 0.15) is 36.2 Å². The number of hydrogen-bond acceptors (Lipinski definition) is 5. The smallest absolute Gasteiger partial charge is 0.257 e. The first-order valence-corrected chi connectivity index (χ1v) is 13.2. The van der Waals surface area contributed by atoms with Crippen LogP contribution < -0.4 is 20.1 Å². The van der Waals surface area contributed by atoms with Gasteiger partial charge in [0, 0.05) is 23.7 Å². The van der Waals surface area contributed by atoms with Crippen LogP contribution in [-0.4, -0.2) is 32.1 Å². The molecule has 3 aromatic carbocycles. The topological polar surface area (TPSA) is 96.5 Å². The minimum Gasteiger partial charge on any atom is -0.493 e. The van der Waals surface area contributed by atoms with E-state index in [1.165, 1.54) is 17.7 Å². The van der Waals surface area contributed by atoms with Gasteiger partial charge in [0.15, 0.2) is 5.11 Å². The molecule has 0 spiro atoms. The molecule has 3 rings (SSSR count). The number of carbonyl (C=O) groups is 1. The van der Waals surface area contributed by atoms with Crippen LogP contribution in [0.25, 0.3) is 0 Å². The summed E-state index contributed by atoms with van der Waals surface area (Å²) in [7, 11) is -3.59. The van der Waals surface area contributed by atoms with Crippen LogP contribution in [0.15, 0.2) is 83.8 Å². The highest BCUT2D eigenvalue weighted by Gasteiger charge is 2.16. The quantitative estimate of drug-likeness (QED) is 0.347. The zero-order valence-corrected chi connectivity index (χ0v) is 21.3. The minimum atomic E-state index is -3.59. The summed E-state index contributed by atoms with van der Waals surface area (Å²) in [6, 6.07) is 22.9. The summed E-state index contributed by atoms with van der Waals surface area (Å²) in [5.74, 6) is 0.311. The summed E-state index contributed by atoms with van der Waals surface area (Å²) in [4.78, 5) is 12.7. The number of rotatable bonds is 10. The van der Waals surface area contributed by atoms with Gasteiger partial charge in [0.25, 0.3) is 5.91 Å². The average molecular weight is 512 g/mol. The number of hydrogen-bond donors (Lipinski definition) is 3. The zero-order chi connectivity index (χ0) is 25.3. The molecule has 9 heteroatoms. The van der Waals surface area contributed by atoms with E-state index in [1.54, 1.807) is 43.3 Å². The van der Waals surface area contributed by atoms with Gasteiger partial charge < -0.3 is 10.1 Å². The molecular formula is C26H29N3O4S2. The lowest BCUT2D eigenvalue weighted by Gasteiger charge is -2.13. The van der Waals surface area contributed by atoms with Crippen molar-refractivity contribution in [3.8, 4) is 5.75 Å². The molecule has 0 saturated heterocycles. The van der Waals surface area contributed by atoms with Gasteiger partial charge in [-0.3, -0.25) is 10.1 Å². The third-order valence-electron chi connectivity index (χ3n) is 5.24. The summed E-state index contributed by atoms with van der Waals surface area (Å²) in [6.07, 6.45) is 1.49. The number of carbonyl (C=O) groups excluding carboxylic acids is 1. The fourth-order valence-corrected chi connectivity index (χ4v) is 4.64. The summed E-state index contributed by atoms with van der Waals surface area (Å²) < 4.78 is 33.1. The fraction of sp³-hybridized carbons (Fsp3) is 0.231. The highest BCUT2D eigenvalue weighted by atomic mass is 32.2. The lowest BCUT2D eigenvalue weighted by Crippen LogP contribution is -2.34. The van der Waals surface area contributed by atoms with Crippen molar-refractivity contribution in [1.29, 1.82) is 0 Å². The van der Waals surface area contributed by atoms with E-state index in [0.29, 0.717) is 30.0 Å². The maximum atomic E-state index is 12.5. The lowest BCUT2D eigenvalue weighted by atomic mass is 10.2. The zero-order valence-electron chi connectivity index (χ0n) is 19.7. The Balaban J connectivity index is 1.48. The van der Waals surface area contributed by atoms with Gasteiger partial charge in [-0.1, -0.05) is 37.3 Å². The fourth-order valence-electron chi connectivity index (χ4n) is 3.11. The Kier molecular flexibility index (Phi) is 9.36. The second-order valence-corrected chi connectivity index (χ2v) is 10.1. The van der Waals surface area contributed by atoms with Crippen molar-refractivity contribution in [2.45, 2.75) is 37.6 Å². The Morgan fingerprint density at radius 1 is 0.971 bits per heavy atom. The molecule has 3 aromatic rings. The van der Waals surface area contributed by atoms with E-state index in [0.717, 1.165) is 6.42 Å². The van der Waals surface area contributed by atoms with E-state index in [4.69, 9.17) is 17.0 Å². The molecule has 3 N–H and O–H groups in total. The van der Waals surface area contributed by atoms with Gasteiger partial charge in [-0.25, -0.2) is 13.1 Å². The van der Waals surface area contributed by atoms with Crippen LogP contribution in [0, 0.1) is 0 Å². The number of anilines is 1. The monoisotopic (exact) mass is 511 g/mol. The van der Waals surface area contributed by atoms with E-state index in [9.17, 15) is 13.2 Å². The molecule has 0 radical (unpaired) electrons. The first-order valence-electron chi connectivity index (χ1n) is 11.3. The second kappa shape index (κ2) is 12.4. The van der Waals surface area contributed by atoms with Gasteiger partial charge in [-0.15, -0.1) is 0 Å². The summed E-state index contributed by atoms with van der Waals surface area (Å²) >= 11 is 5.22. The van der Waals surface area contributed by atoms with Gasteiger partial charge in [0.05, 0.1) is 11.5 Å². The Morgan fingerprint density at radius 2 is 1.63 bits per heavy atom. The van der Waals surface area contributed by atoms with Crippen molar-refractivity contribution >= 4 is 38.9 Å². The van der Waals surface area contributed by atoms with Gasteiger partial charge in [0.2, 0.25) is 10.0 Å². The maximum Gasteiger partial charge on any atom is 0.257 e. The molecule has 0 aliphatic carbocycles. The third-order valence-corrected chi connectivity index (χ3v) is 7.05. The van der Waals surface area contributed by atoms with Crippen LogP contribution >= 0.6 is 12.2 Å².